The zero-order chi connectivity index (χ0) is 16.6. The van der Waals surface area contributed by atoms with Gasteiger partial charge in [-0.1, -0.05) is 12.1 Å². The lowest BCUT2D eigenvalue weighted by atomic mass is 10.1. The van der Waals surface area contributed by atoms with Crippen molar-refractivity contribution in [1.82, 2.24) is 15.5 Å². The summed E-state index contributed by atoms with van der Waals surface area (Å²) in [4.78, 5) is 15.3. The quantitative estimate of drug-likeness (QED) is 0.729. The SMILES string of the molecule is CC1(C(=O)NCc2cc3ccc(OCc4ccno4)cc3[nH]2)CC1. The second-order valence-electron chi connectivity index (χ2n) is 6.55. The topological polar surface area (TPSA) is 80.2 Å². The Hall–Kier alpha value is -2.76. The highest BCUT2D eigenvalue weighted by molar-refractivity contribution is 5.85. The molecule has 0 unspecified atom stereocenters. The van der Waals surface area contributed by atoms with Crippen LogP contribution in [0.1, 0.15) is 31.2 Å². The van der Waals surface area contributed by atoms with Crippen LogP contribution in [0.5, 0.6) is 5.75 Å². The highest BCUT2D eigenvalue weighted by atomic mass is 16.5. The van der Waals surface area contributed by atoms with E-state index in [4.69, 9.17) is 9.26 Å². The number of hydrogen-bond donors (Lipinski definition) is 2. The van der Waals surface area contributed by atoms with Crippen molar-refractivity contribution in [1.29, 1.82) is 0 Å². The van der Waals surface area contributed by atoms with E-state index in [1.54, 1.807) is 12.3 Å². The summed E-state index contributed by atoms with van der Waals surface area (Å²) in [6.45, 7) is 2.86. The monoisotopic (exact) mass is 325 g/mol. The molecule has 0 spiro atoms. The molecular weight excluding hydrogens is 306 g/mol. The summed E-state index contributed by atoms with van der Waals surface area (Å²) in [7, 11) is 0. The maximum Gasteiger partial charge on any atom is 0.226 e. The second-order valence-corrected chi connectivity index (χ2v) is 6.55. The van der Waals surface area contributed by atoms with Crippen LogP contribution < -0.4 is 10.1 Å². The summed E-state index contributed by atoms with van der Waals surface area (Å²) < 4.78 is 10.7. The lowest BCUT2D eigenvalue weighted by molar-refractivity contribution is -0.125. The Kier molecular flexibility index (Phi) is 3.52. The number of carbonyl (C=O) groups excluding carboxylic acids is 1. The molecule has 1 amide bonds. The van der Waals surface area contributed by atoms with Gasteiger partial charge in [-0.3, -0.25) is 4.79 Å². The van der Waals surface area contributed by atoms with Crippen LogP contribution in [0.3, 0.4) is 0 Å². The lowest BCUT2D eigenvalue weighted by Gasteiger charge is -2.08. The van der Waals surface area contributed by atoms with Gasteiger partial charge < -0.3 is 19.6 Å². The van der Waals surface area contributed by atoms with Crippen molar-refractivity contribution in [3.8, 4) is 5.75 Å². The van der Waals surface area contributed by atoms with Gasteiger partial charge in [-0.25, -0.2) is 0 Å². The van der Waals surface area contributed by atoms with Crippen LogP contribution in [0, 0.1) is 5.41 Å². The zero-order valence-corrected chi connectivity index (χ0v) is 13.5. The van der Waals surface area contributed by atoms with E-state index in [0.29, 0.717) is 18.9 Å². The Morgan fingerprint density at radius 3 is 3.00 bits per heavy atom. The summed E-state index contributed by atoms with van der Waals surface area (Å²) in [5.74, 6) is 1.57. The average molecular weight is 325 g/mol. The van der Waals surface area contributed by atoms with Gasteiger partial charge in [-0.2, -0.15) is 0 Å². The number of aromatic amines is 1. The van der Waals surface area contributed by atoms with Crippen LogP contribution >= 0.6 is 0 Å². The highest BCUT2D eigenvalue weighted by Crippen LogP contribution is 2.45. The van der Waals surface area contributed by atoms with Crippen molar-refractivity contribution in [2.45, 2.75) is 32.9 Å². The van der Waals surface area contributed by atoms with E-state index in [1.165, 1.54) is 0 Å². The Bertz CT molecular complexity index is 863. The van der Waals surface area contributed by atoms with Crippen molar-refractivity contribution >= 4 is 16.8 Å². The van der Waals surface area contributed by atoms with Gasteiger partial charge >= 0.3 is 0 Å². The third-order valence-electron chi connectivity index (χ3n) is 4.51. The van der Waals surface area contributed by atoms with Crippen molar-refractivity contribution in [3.05, 3.63) is 48.0 Å². The lowest BCUT2D eigenvalue weighted by Crippen LogP contribution is -2.29. The van der Waals surface area contributed by atoms with Gasteiger partial charge in [0.1, 0.15) is 12.4 Å². The zero-order valence-electron chi connectivity index (χ0n) is 13.5. The largest absolute Gasteiger partial charge is 0.485 e. The van der Waals surface area contributed by atoms with Gasteiger partial charge in [0, 0.05) is 28.8 Å². The molecule has 1 aromatic carbocycles. The Balaban J connectivity index is 1.42. The minimum Gasteiger partial charge on any atom is -0.485 e. The molecule has 3 aromatic rings. The smallest absolute Gasteiger partial charge is 0.226 e. The molecule has 0 saturated heterocycles. The molecule has 0 bridgehead atoms. The fourth-order valence-corrected chi connectivity index (χ4v) is 2.63. The number of nitrogens with zero attached hydrogens (tertiary/aromatic N) is 1. The Morgan fingerprint density at radius 2 is 2.25 bits per heavy atom. The van der Waals surface area contributed by atoms with Crippen LogP contribution in [0.15, 0.2) is 41.1 Å². The van der Waals surface area contributed by atoms with Crippen LogP contribution in [-0.4, -0.2) is 16.0 Å². The molecule has 0 atom stereocenters. The molecule has 0 aliphatic heterocycles. The van der Waals surface area contributed by atoms with Crippen molar-refractivity contribution in [2.24, 2.45) is 5.41 Å². The average Bonchev–Trinajstić information content (AvgIpc) is 3.03. The van der Waals surface area contributed by atoms with Gasteiger partial charge in [0.2, 0.25) is 5.91 Å². The van der Waals surface area contributed by atoms with E-state index in [0.717, 1.165) is 35.2 Å². The number of nitrogens with one attached hydrogen (secondary N) is 2. The van der Waals surface area contributed by atoms with Crippen molar-refractivity contribution in [3.63, 3.8) is 0 Å². The summed E-state index contributed by atoms with van der Waals surface area (Å²) in [5, 5.41) is 7.74. The highest BCUT2D eigenvalue weighted by Gasteiger charge is 2.44. The molecule has 1 saturated carbocycles. The van der Waals surface area contributed by atoms with Crippen LogP contribution in [-0.2, 0) is 17.9 Å². The predicted octanol–water partition coefficient (Wildman–Crippen LogP) is 3.15. The number of carbonyl (C=O) groups is 1. The van der Waals surface area contributed by atoms with Gasteiger partial charge in [-0.15, -0.1) is 0 Å². The molecule has 124 valence electrons. The number of H-pyrrole nitrogens is 1. The summed E-state index contributed by atoms with van der Waals surface area (Å²) >= 11 is 0. The number of amides is 1. The van der Waals surface area contributed by atoms with Gasteiger partial charge in [0.25, 0.3) is 0 Å². The number of fused-ring (bicyclic) bond motifs is 1. The third-order valence-corrected chi connectivity index (χ3v) is 4.51. The minimum atomic E-state index is -0.145. The molecule has 2 heterocycles. The van der Waals surface area contributed by atoms with Crippen LogP contribution in [0.4, 0.5) is 0 Å². The standard InChI is InChI=1S/C18H19N3O3/c1-18(5-6-18)17(22)19-10-13-8-12-2-3-14(9-16(12)21-13)23-11-15-4-7-20-24-15/h2-4,7-9,21H,5-6,10-11H2,1H3,(H,19,22). The molecule has 4 rings (SSSR count). The van der Waals surface area contributed by atoms with Gasteiger partial charge in [-0.05, 0) is 36.4 Å². The molecular formula is C18H19N3O3. The molecule has 6 heteroatoms. The summed E-state index contributed by atoms with van der Waals surface area (Å²) in [5.41, 5.74) is 1.82. The number of rotatable bonds is 6. The molecule has 1 aliphatic rings. The number of aromatic nitrogens is 2. The molecule has 2 aromatic heterocycles. The maximum atomic E-state index is 12.0. The van der Waals surface area contributed by atoms with Gasteiger partial charge in [0.15, 0.2) is 5.76 Å². The second kappa shape index (κ2) is 5.70. The minimum absolute atomic E-state index is 0.136. The van der Waals surface area contributed by atoms with E-state index in [-0.39, 0.29) is 11.3 Å². The summed E-state index contributed by atoms with van der Waals surface area (Å²) in [6, 6.07) is 9.67. The molecule has 2 N–H and O–H groups in total. The predicted molar refractivity (Wildman–Crippen MR) is 88.3 cm³/mol. The first-order chi connectivity index (χ1) is 11.6. The molecule has 0 radical (unpaired) electrons. The normalized spacial score (nSPS) is 15.4. The molecule has 6 nitrogen and oxygen atoms in total. The van der Waals surface area contributed by atoms with Crippen LogP contribution in [0.2, 0.25) is 0 Å². The first-order valence-electron chi connectivity index (χ1n) is 8.05. The number of hydrogen-bond acceptors (Lipinski definition) is 4. The van der Waals surface area contributed by atoms with Crippen molar-refractivity contribution < 1.29 is 14.1 Å². The Morgan fingerprint density at radius 1 is 1.38 bits per heavy atom. The van der Waals surface area contributed by atoms with E-state index in [2.05, 4.69) is 15.5 Å². The first-order valence-corrected chi connectivity index (χ1v) is 8.05. The maximum absolute atomic E-state index is 12.0. The Labute approximate surface area is 139 Å². The number of benzene rings is 1. The van der Waals surface area contributed by atoms with Crippen molar-refractivity contribution in [2.75, 3.05) is 0 Å². The molecule has 24 heavy (non-hydrogen) atoms. The van der Waals surface area contributed by atoms with E-state index < -0.39 is 0 Å². The van der Waals surface area contributed by atoms with E-state index in [9.17, 15) is 4.79 Å². The molecule has 1 fully saturated rings. The number of ether oxygens (including phenoxy) is 1. The van der Waals surface area contributed by atoms with E-state index in [1.807, 2.05) is 31.2 Å². The fraction of sp³-hybridized carbons (Fsp3) is 0.333. The van der Waals surface area contributed by atoms with Crippen LogP contribution in [0.25, 0.3) is 10.9 Å². The summed E-state index contributed by atoms with van der Waals surface area (Å²) in [6.07, 6.45) is 3.56. The van der Waals surface area contributed by atoms with E-state index >= 15 is 0 Å². The van der Waals surface area contributed by atoms with Gasteiger partial charge in [0.05, 0.1) is 12.7 Å². The first kappa shape index (κ1) is 14.8. The fourth-order valence-electron chi connectivity index (χ4n) is 2.63. The third kappa shape index (κ3) is 2.99. The molecule has 1 aliphatic carbocycles.